The second-order valence-electron chi connectivity index (χ2n) is 6.36. The van der Waals surface area contributed by atoms with Crippen molar-refractivity contribution in [2.24, 2.45) is 5.92 Å². The highest BCUT2D eigenvalue weighted by Crippen LogP contribution is 2.16. The van der Waals surface area contributed by atoms with Crippen LogP contribution < -0.4 is 4.74 Å². The highest BCUT2D eigenvalue weighted by atomic mass is 16.5. The fraction of sp³-hybridized carbons (Fsp3) is 0.579. The van der Waals surface area contributed by atoms with E-state index in [0.29, 0.717) is 37.6 Å². The van der Waals surface area contributed by atoms with Gasteiger partial charge in [0, 0.05) is 38.3 Å². The first-order valence-electron chi connectivity index (χ1n) is 8.86. The van der Waals surface area contributed by atoms with Crippen LogP contribution >= 0.6 is 0 Å². The molecule has 26 heavy (non-hydrogen) atoms. The number of rotatable bonds is 8. The zero-order valence-electron chi connectivity index (χ0n) is 15.8. The molecule has 2 rings (SSSR count). The van der Waals surface area contributed by atoms with Crippen molar-refractivity contribution in [3.8, 4) is 5.75 Å². The normalized spacial score (nSPS) is 16.0. The number of nitrogens with zero attached hydrogens (tertiary/aromatic N) is 2. The number of hydrogen-bond donors (Lipinski definition) is 0. The van der Waals surface area contributed by atoms with Gasteiger partial charge in [-0.15, -0.1) is 0 Å². The molecular weight excluding hydrogens is 336 g/mol. The molecule has 0 aromatic heterocycles. The highest BCUT2D eigenvalue weighted by Gasteiger charge is 2.23. The maximum absolute atomic E-state index is 13.0. The number of benzene rings is 1. The van der Waals surface area contributed by atoms with Gasteiger partial charge in [0.15, 0.2) is 0 Å². The summed E-state index contributed by atoms with van der Waals surface area (Å²) in [5.74, 6) is -0.197. The SMILES string of the molecule is COC(=O)C(C)CN(CCN1CCOCC1)C(=O)c1cccc(OC)c1. The molecule has 0 bridgehead atoms. The smallest absolute Gasteiger partial charge is 0.310 e. The summed E-state index contributed by atoms with van der Waals surface area (Å²) in [6.45, 7) is 6.50. The molecular formula is C19H28N2O5. The standard InChI is InChI=1S/C19H28N2O5/c1-15(19(23)25-3)14-21(8-7-20-9-11-26-12-10-20)18(22)16-5-4-6-17(13-16)24-2/h4-6,13,15H,7-12,14H2,1-3H3. The average Bonchev–Trinajstić information content (AvgIpc) is 2.70. The van der Waals surface area contributed by atoms with Gasteiger partial charge in [-0.3, -0.25) is 14.5 Å². The van der Waals surface area contributed by atoms with Crippen molar-refractivity contribution in [3.63, 3.8) is 0 Å². The van der Waals surface area contributed by atoms with Gasteiger partial charge in [-0.05, 0) is 18.2 Å². The minimum Gasteiger partial charge on any atom is -0.497 e. The Morgan fingerprint density at radius 3 is 2.65 bits per heavy atom. The van der Waals surface area contributed by atoms with E-state index in [2.05, 4.69) is 4.90 Å². The summed E-state index contributed by atoms with van der Waals surface area (Å²) in [6.07, 6.45) is 0. The molecule has 1 aliphatic heterocycles. The van der Waals surface area contributed by atoms with Crippen molar-refractivity contribution in [3.05, 3.63) is 29.8 Å². The Morgan fingerprint density at radius 1 is 1.27 bits per heavy atom. The number of carbonyl (C=O) groups excluding carboxylic acids is 2. The van der Waals surface area contributed by atoms with Crippen LogP contribution in [0.5, 0.6) is 5.75 Å². The lowest BCUT2D eigenvalue weighted by molar-refractivity contribution is -0.145. The molecule has 1 saturated heterocycles. The van der Waals surface area contributed by atoms with Crippen molar-refractivity contribution in [1.82, 2.24) is 9.80 Å². The van der Waals surface area contributed by atoms with Gasteiger partial charge in [0.1, 0.15) is 5.75 Å². The van der Waals surface area contributed by atoms with Gasteiger partial charge >= 0.3 is 5.97 Å². The van der Waals surface area contributed by atoms with Gasteiger partial charge in [-0.25, -0.2) is 0 Å². The topological polar surface area (TPSA) is 68.3 Å². The Morgan fingerprint density at radius 2 is 2.00 bits per heavy atom. The molecule has 7 heteroatoms. The molecule has 0 aliphatic carbocycles. The maximum atomic E-state index is 13.0. The van der Waals surface area contributed by atoms with E-state index in [4.69, 9.17) is 14.2 Å². The highest BCUT2D eigenvalue weighted by molar-refractivity contribution is 5.94. The van der Waals surface area contributed by atoms with Crippen LogP contribution in [-0.4, -0.2) is 81.8 Å². The van der Waals surface area contributed by atoms with Gasteiger partial charge in [-0.2, -0.15) is 0 Å². The van der Waals surface area contributed by atoms with Gasteiger partial charge < -0.3 is 19.1 Å². The van der Waals surface area contributed by atoms with Gasteiger partial charge in [0.2, 0.25) is 0 Å². The number of carbonyl (C=O) groups is 2. The largest absolute Gasteiger partial charge is 0.497 e. The van der Waals surface area contributed by atoms with Crippen LogP contribution in [0.1, 0.15) is 17.3 Å². The molecule has 1 atom stereocenters. The first kappa shape index (κ1) is 20.2. The third kappa shape index (κ3) is 5.71. The first-order valence-corrected chi connectivity index (χ1v) is 8.86. The number of morpholine rings is 1. The van der Waals surface area contributed by atoms with E-state index in [9.17, 15) is 9.59 Å². The minimum absolute atomic E-state index is 0.118. The van der Waals surface area contributed by atoms with Crippen LogP contribution in [0.15, 0.2) is 24.3 Å². The van der Waals surface area contributed by atoms with E-state index in [-0.39, 0.29) is 17.8 Å². The lowest BCUT2D eigenvalue weighted by atomic mass is 10.1. The molecule has 7 nitrogen and oxygen atoms in total. The summed E-state index contributed by atoms with van der Waals surface area (Å²) < 4.78 is 15.4. The van der Waals surface area contributed by atoms with Crippen LogP contribution in [0.4, 0.5) is 0 Å². The molecule has 1 unspecified atom stereocenters. The second kappa shape index (κ2) is 10.1. The number of esters is 1. The van der Waals surface area contributed by atoms with E-state index < -0.39 is 0 Å². The zero-order valence-corrected chi connectivity index (χ0v) is 15.8. The molecule has 1 aliphatic rings. The fourth-order valence-corrected chi connectivity index (χ4v) is 2.91. The Hall–Kier alpha value is -2.12. The van der Waals surface area contributed by atoms with Crippen molar-refractivity contribution >= 4 is 11.9 Å². The summed E-state index contributed by atoms with van der Waals surface area (Å²) in [7, 11) is 2.93. The van der Waals surface area contributed by atoms with Crippen molar-refractivity contribution < 1.29 is 23.8 Å². The summed E-state index contributed by atoms with van der Waals surface area (Å²) in [6, 6.07) is 7.06. The molecule has 1 amide bonds. The molecule has 0 radical (unpaired) electrons. The van der Waals surface area contributed by atoms with E-state index in [1.54, 1.807) is 43.2 Å². The Bertz CT molecular complexity index is 601. The van der Waals surface area contributed by atoms with E-state index in [1.807, 2.05) is 0 Å². The molecule has 0 spiro atoms. The number of methoxy groups -OCH3 is 2. The monoisotopic (exact) mass is 364 g/mol. The molecule has 1 heterocycles. The minimum atomic E-state index is -0.390. The lowest BCUT2D eigenvalue weighted by Crippen LogP contribution is -2.45. The number of amides is 1. The van der Waals surface area contributed by atoms with Gasteiger partial charge in [0.25, 0.3) is 5.91 Å². The third-order valence-electron chi connectivity index (χ3n) is 4.49. The molecule has 0 saturated carbocycles. The fourth-order valence-electron chi connectivity index (χ4n) is 2.91. The molecule has 0 N–H and O–H groups in total. The lowest BCUT2D eigenvalue weighted by Gasteiger charge is -2.31. The Labute approximate surface area is 154 Å². The van der Waals surface area contributed by atoms with Crippen molar-refractivity contribution in [2.45, 2.75) is 6.92 Å². The van der Waals surface area contributed by atoms with Crippen LogP contribution in [-0.2, 0) is 14.3 Å². The van der Waals surface area contributed by atoms with E-state index in [0.717, 1.165) is 19.6 Å². The van der Waals surface area contributed by atoms with Crippen molar-refractivity contribution in [2.75, 3.05) is 60.2 Å². The van der Waals surface area contributed by atoms with Crippen molar-refractivity contribution in [1.29, 1.82) is 0 Å². The Balaban J connectivity index is 2.09. The number of ether oxygens (including phenoxy) is 3. The first-order chi connectivity index (χ1) is 12.5. The van der Waals surface area contributed by atoms with E-state index in [1.165, 1.54) is 7.11 Å². The summed E-state index contributed by atoms with van der Waals surface area (Å²) >= 11 is 0. The summed E-state index contributed by atoms with van der Waals surface area (Å²) in [5, 5.41) is 0. The molecule has 1 aromatic rings. The van der Waals surface area contributed by atoms with Crippen LogP contribution in [0.3, 0.4) is 0 Å². The van der Waals surface area contributed by atoms with Gasteiger partial charge in [-0.1, -0.05) is 13.0 Å². The van der Waals surface area contributed by atoms with Crippen LogP contribution in [0.2, 0.25) is 0 Å². The third-order valence-corrected chi connectivity index (χ3v) is 4.49. The van der Waals surface area contributed by atoms with Crippen LogP contribution in [0, 0.1) is 5.92 Å². The summed E-state index contributed by atoms with van der Waals surface area (Å²) in [5.41, 5.74) is 0.545. The van der Waals surface area contributed by atoms with E-state index >= 15 is 0 Å². The number of hydrogen-bond acceptors (Lipinski definition) is 6. The molecule has 1 fully saturated rings. The maximum Gasteiger partial charge on any atom is 0.310 e. The zero-order chi connectivity index (χ0) is 18.9. The predicted octanol–water partition coefficient (Wildman–Crippen LogP) is 1.28. The second-order valence-corrected chi connectivity index (χ2v) is 6.36. The molecule has 1 aromatic carbocycles. The molecule has 144 valence electrons. The summed E-state index contributed by atoms with van der Waals surface area (Å²) in [4.78, 5) is 28.8. The quantitative estimate of drug-likeness (QED) is 0.648. The average molecular weight is 364 g/mol. The van der Waals surface area contributed by atoms with Crippen LogP contribution in [0.25, 0.3) is 0 Å². The predicted molar refractivity (Wildman–Crippen MR) is 97.3 cm³/mol. The Kier molecular flexibility index (Phi) is 7.87. The van der Waals surface area contributed by atoms with Gasteiger partial charge in [0.05, 0.1) is 33.4 Å².